The quantitative estimate of drug-likeness (QED) is 0.840. The van der Waals surface area contributed by atoms with Gasteiger partial charge in [0, 0.05) is 6.04 Å². The number of esters is 1. The third kappa shape index (κ3) is 4.37. The average Bonchev–Trinajstić information content (AvgIpc) is 2.37. The van der Waals surface area contributed by atoms with E-state index in [9.17, 15) is 4.79 Å². The predicted octanol–water partition coefficient (Wildman–Crippen LogP) is 3.84. The van der Waals surface area contributed by atoms with E-state index in [0.29, 0.717) is 10.0 Å². The molecule has 1 aromatic carbocycles. The molecular formula is C14H19Cl2NO2. The highest BCUT2D eigenvalue weighted by Gasteiger charge is 2.24. The molecule has 0 aromatic heterocycles. The Bertz CT molecular complexity index is 449. The fraction of sp³-hybridized carbons (Fsp3) is 0.500. The van der Waals surface area contributed by atoms with Crippen molar-refractivity contribution in [3.05, 3.63) is 33.8 Å². The van der Waals surface area contributed by atoms with Crippen LogP contribution in [-0.4, -0.2) is 19.1 Å². The number of carbonyl (C=O) groups excluding carboxylic acids is 1. The molecule has 3 nitrogen and oxygen atoms in total. The van der Waals surface area contributed by atoms with Crippen molar-refractivity contribution in [2.75, 3.05) is 7.11 Å². The van der Waals surface area contributed by atoms with Crippen molar-refractivity contribution in [2.45, 2.75) is 32.9 Å². The third-order valence-electron chi connectivity index (χ3n) is 3.00. The van der Waals surface area contributed by atoms with Crippen LogP contribution in [0, 0.1) is 5.92 Å². The highest BCUT2D eigenvalue weighted by atomic mass is 35.5. The van der Waals surface area contributed by atoms with Crippen molar-refractivity contribution in [3.63, 3.8) is 0 Å². The Labute approximate surface area is 124 Å². The zero-order chi connectivity index (χ0) is 14.6. The number of hydrogen-bond acceptors (Lipinski definition) is 3. The van der Waals surface area contributed by atoms with E-state index >= 15 is 0 Å². The van der Waals surface area contributed by atoms with Gasteiger partial charge in [-0.1, -0.05) is 43.1 Å². The van der Waals surface area contributed by atoms with Crippen LogP contribution in [0.5, 0.6) is 0 Å². The van der Waals surface area contributed by atoms with E-state index in [0.717, 1.165) is 5.56 Å². The van der Waals surface area contributed by atoms with Gasteiger partial charge >= 0.3 is 5.97 Å². The van der Waals surface area contributed by atoms with Gasteiger partial charge in [0.25, 0.3) is 0 Å². The predicted molar refractivity (Wildman–Crippen MR) is 78.7 cm³/mol. The van der Waals surface area contributed by atoms with Gasteiger partial charge in [-0.05, 0) is 30.5 Å². The van der Waals surface area contributed by atoms with E-state index in [-0.39, 0.29) is 24.0 Å². The minimum absolute atomic E-state index is 0.0266. The van der Waals surface area contributed by atoms with E-state index < -0.39 is 0 Å². The Kier molecular flexibility index (Phi) is 6.11. The van der Waals surface area contributed by atoms with Crippen molar-refractivity contribution in [3.8, 4) is 0 Å². The van der Waals surface area contributed by atoms with Gasteiger partial charge in [0.05, 0.1) is 17.2 Å². The molecule has 0 aliphatic heterocycles. The largest absolute Gasteiger partial charge is 0.468 e. The van der Waals surface area contributed by atoms with Crippen LogP contribution in [0.25, 0.3) is 0 Å². The summed E-state index contributed by atoms with van der Waals surface area (Å²) in [6, 6.07) is 5.06. The molecule has 0 amide bonds. The Morgan fingerprint density at radius 1 is 1.21 bits per heavy atom. The van der Waals surface area contributed by atoms with Crippen LogP contribution in [0.3, 0.4) is 0 Å². The maximum absolute atomic E-state index is 11.7. The monoisotopic (exact) mass is 303 g/mol. The van der Waals surface area contributed by atoms with Crippen LogP contribution in [-0.2, 0) is 9.53 Å². The van der Waals surface area contributed by atoms with Gasteiger partial charge in [0.2, 0.25) is 0 Å². The zero-order valence-electron chi connectivity index (χ0n) is 11.5. The molecule has 0 aliphatic rings. The Morgan fingerprint density at radius 2 is 1.84 bits per heavy atom. The van der Waals surface area contributed by atoms with Gasteiger partial charge in [-0.2, -0.15) is 0 Å². The van der Waals surface area contributed by atoms with Gasteiger partial charge < -0.3 is 4.74 Å². The lowest BCUT2D eigenvalue weighted by Gasteiger charge is -2.24. The van der Waals surface area contributed by atoms with Gasteiger partial charge in [-0.25, -0.2) is 0 Å². The minimum atomic E-state index is -0.352. The normalized spacial score (nSPS) is 14.3. The van der Waals surface area contributed by atoms with Crippen molar-refractivity contribution >= 4 is 29.2 Å². The maximum Gasteiger partial charge on any atom is 0.323 e. The fourth-order valence-corrected chi connectivity index (χ4v) is 2.11. The molecule has 2 atom stereocenters. The van der Waals surface area contributed by atoms with Crippen LogP contribution in [0.1, 0.15) is 32.4 Å². The molecule has 5 heteroatoms. The summed E-state index contributed by atoms with van der Waals surface area (Å²) < 4.78 is 4.80. The molecule has 0 saturated heterocycles. The summed E-state index contributed by atoms with van der Waals surface area (Å²) >= 11 is 11.9. The standard InChI is InChI=1S/C14H19Cl2NO2/c1-8(2)13(14(18)19-4)17-9(3)10-5-6-11(15)12(16)7-10/h5-9,13,17H,1-4H3/t9?,13-/m0/s1. The van der Waals surface area contributed by atoms with Gasteiger partial charge in [0.15, 0.2) is 0 Å². The first-order valence-electron chi connectivity index (χ1n) is 6.15. The summed E-state index contributed by atoms with van der Waals surface area (Å²) in [6.45, 7) is 5.91. The van der Waals surface area contributed by atoms with Crippen LogP contribution in [0.15, 0.2) is 18.2 Å². The molecule has 0 radical (unpaired) electrons. The topological polar surface area (TPSA) is 38.3 Å². The van der Waals surface area contributed by atoms with Crippen LogP contribution in [0.2, 0.25) is 10.0 Å². The van der Waals surface area contributed by atoms with Crippen LogP contribution >= 0.6 is 23.2 Å². The van der Waals surface area contributed by atoms with Crippen molar-refractivity contribution < 1.29 is 9.53 Å². The second-order valence-corrected chi connectivity index (χ2v) is 5.62. The molecule has 0 fully saturated rings. The first-order valence-corrected chi connectivity index (χ1v) is 6.91. The molecule has 0 saturated carbocycles. The van der Waals surface area contributed by atoms with E-state index in [4.69, 9.17) is 27.9 Å². The third-order valence-corrected chi connectivity index (χ3v) is 3.73. The molecule has 1 unspecified atom stereocenters. The van der Waals surface area contributed by atoms with Crippen molar-refractivity contribution in [1.29, 1.82) is 0 Å². The Hall–Kier alpha value is -0.770. The van der Waals surface area contributed by atoms with Crippen LogP contribution in [0.4, 0.5) is 0 Å². The zero-order valence-corrected chi connectivity index (χ0v) is 13.0. The summed E-state index contributed by atoms with van der Waals surface area (Å²) in [6.07, 6.45) is 0. The molecule has 106 valence electrons. The second-order valence-electron chi connectivity index (χ2n) is 4.81. The molecule has 0 aliphatic carbocycles. The van der Waals surface area contributed by atoms with Gasteiger partial charge in [-0.3, -0.25) is 10.1 Å². The first-order chi connectivity index (χ1) is 8.86. The Balaban J connectivity index is 2.84. The highest BCUT2D eigenvalue weighted by molar-refractivity contribution is 6.42. The van der Waals surface area contributed by atoms with Gasteiger partial charge in [-0.15, -0.1) is 0 Å². The summed E-state index contributed by atoms with van der Waals surface area (Å²) in [5.74, 6) is -0.125. The fourth-order valence-electron chi connectivity index (χ4n) is 1.81. The number of hydrogen-bond donors (Lipinski definition) is 1. The Morgan fingerprint density at radius 3 is 2.32 bits per heavy atom. The number of methoxy groups -OCH3 is 1. The second kappa shape index (κ2) is 7.13. The smallest absolute Gasteiger partial charge is 0.323 e. The van der Waals surface area contributed by atoms with E-state index in [1.165, 1.54) is 7.11 Å². The maximum atomic E-state index is 11.7. The number of rotatable bonds is 5. The molecule has 19 heavy (non-hydrogen) atoms. The number of benzene rings is 1. The minimum Gasteiger partial charge on any atom is -0.468 e. The first kappa shape index (κ1) is 16.3. The molecule has 0 heterocycles. The molecule has 1 N–H and O–H groups in total. The molecule has 1 aromatic rings. The number of nitrogens with one attached hydrogen (secondary N) is 1. The van der Waals surface area contributed by atoms with Gasteiger partial charge in [0.1, 0.15) is 6.04 Å². The SMILES string of the molecule is COC(=O)[C@@H](NC(C)c1ccc(Cl)c(Cl)c1)C(C)C. The van der Waals surface area contributed by atoms with E-state index in [1.54, 1.807) is 12.1 Å². The van der Waals surface area contributed by atoms with Crippen molar-refractivity contribution in [2.24, 2.45) is 5.92 Å². The molecular weight excluding hydrogens is 285 g/mol. The molecule has 0 bridgehead atoms. The van der Waals surface area contributed by atoms with E-state index in [1.807, 2.05) is 26.8 Å². The lowest BCUT2D eigenvalue weighted by Crippen LogP contribution is -2.42. The number of halogens is 2. The summed E-state index contributed by atoms with van der Waals surface area (Å²) in [5, 5.41) is 4.28. The summed E-state index contributed by atoms with van der Waals surface area (Å²) in [7, 11) is 1.39. The number of ether oxygens (including phenoxy) is 1. The van der Waals surface area contributed by atoms with Crippen LogP contribution < -0.4 is 5.32 Å². The van der Waals surface area contributed by atoms with Crippen molar-refractivity contribution in [1.82, 2.24) is 5.32 Å². The number of carbonyl (C=O) groups is 1. The summed E-state index contributed by atoms with van der Waals surface area (Å²) in [4.78, 5) is 11.7. The lowest BCUT2D eigenvalue weighted by molar-refractivity contribution is -0.144. The lowest BCUT2D eigenvalue weighted by atomic mass is 10.0. The highest BCUT2D eigenvalue weighted by Crippen LogP contribution is 2.26. The average molecular weight is 304 g/mol. The summed E-state index contributed by atoms with van der Waals surface area (Å²) in [5.41, 5.74) is 0.976. The molecule has 0 spiro atoms. The molecule has 1 rings (SSSR count). The van der Waals surface area contributed by atoms with E-state index in [2.05, 4.69) is 5.32 Å².